The van der Waals surface area contributed by atoms with Crippen LogP contribution >= 0.6 is 11.3 Å². The van der Waals surface area contributed by atoms with Gasteiger partial charge in [-0.25, -0.2) is 14.8 Å². The second-order valence-corrected chi connectivity index (χ2v) is 7.49. The highest BCUT2D eigenvalue weighted by atomic mass is 32.1. The molecule has 0 spiro atoms. The van der Waals surface area contributed by atoms with Gasteiger partial charge >= 0.3 is 6.03 Å². The third-order valence-electron chi connectivity index (χ3n) is 4.50. The molecule has 2 N–H and O–H groups in total. The number of amides is 2. The monoisotopic (exact) mass is 391 g/mol. The SMILES string of the molecule is CN1CC=C(c2cccc(NC(=O)Nc3csc(-c4ccccc4)n3)n2)CC1. The average Bonchev–Trinajstić information content (AvgIpc) is 3.18. The number of likely N-dealkylation sites (N-methyl/N-ethyl adjacent to an activating group) is 1. The van der Waals surface area contributed by atoms with E-state index in [1.54, 1.807) is 6.07 Å². The third-order valence-corrected chi connectivity index (χ3v) is 5.39. The standard InChI is InChI=1S/C21H21N5OS/c1-26-12-10-15(11-13-26)17-8-5-9-18(22-17)24-21(27)25-19-14-28-20(23-19)16-6-3-2-4-7-16/h2-10,14H,11-13H2,1H3,(H2,22,24,25,27). The highest BCUT2D eigenvalue weighted by Gasteiger charge is 2.12. The van der Waals surface area contributed by atoms with Crippen molar-refractivity contribution < 1.29 is 4.79 Å². The lowest BCUT2D eigenvalue weighted by Crippen LogP contribution is -2.24. The molecule has 3 aromatic rings. The molecule has 1 aromatic carbocycles. The molecular weight excluding hydrogens is 370 g/mol. The van der Waals surface area contributed by atoms with E-state index in [0.29, 0.717) is 11.6 Å². The van der Waals surface area contributed by atoms with Gasteiger partial charge in [-0.1, -0.05) is 42.5 Å². The van der Waals surface area contributed by atoms with Crippen LogP contribution in [0.15, 0.2) is 60.0 Å². The van der Waals surface area contributed by atoms with Crippen molar-refractivity contribution in [1.29, 1.82) is 0 Å². The first kappa shape index (κ1) is 18.3. The maximum Gasteiger partial charge on any atom is 0.326 e. The zero-order chi connectivity index (χ0) is 19.3. The van der Waals surface area contributed by atoms with Crippen LogP contribution in [-0.2, 0) is 0 Å². The van der Waals surface area contributed by atoms with Gasteiger partial charge < -0.3 is 4.90 Å². The second kappa shape index (κ2) is 8.33. The number of thiazole rings is 1. The molecule has 0 saturated heterocycles. The fourth-order valence-corrected chi connectivity index (χ4v) is 3.75. The summed E-state index contributed by atoms with van der Waals surface area (Å²) in [4.78, 5) is 23.7. The minimum atomic E-state index is -0.355. The summed E-state index contributed by atoms with van der Waals surface area (Å²) in [6.45, 7) is 1.93. The zero-order valence-corrected chi connectivity index (χ0v) is 16.4. The van der Waals surface area contributed by atoms with Gasteiger partial charge in [0.1, 0.15) is 16.6 Å². The smallest absolute Gasteiger partial charge is 0.302 e. The Balaban J connectivity index is 1.40. The fraction of sp³-hybridized carbons (Fsp3) is 0.190. The van der Waals surface area contributed by atoms with Crippen LogP contribution in [0.1, 0.15) is 12.1 Å². The van der Waals surface area contributed by atoms with Gasteiger partial charge in [-0.3, -0.25) is 10.6 Å². The zero-order valence-electron chi connectivity index (χ0n) is 15.6. The first-order chi connectivity index (χ1) is 13.7. The molecule has 2 aromatic heterocycles. The number of carbonyl (C=O) groups is 1. The van der Waals surface area contributed by atoms with Crippen LogP contribution in [0.4, 0.5) is 16.4 Å². The topological polar surface area (TPSA) is 70.2 Å². The molecule has 1 aliphatic heterocycles. The van der Waals surface area contributed by atoms with Gasteiger partial charge in [0.2, 0.25) is 0 Å². The quantitative estimate of drug-likeness (QED) is 0.684. The number of benzene rings is 1. The Labute approximate surface area is 168 Å². The molecule has 0 unspecified atom stereocenters. The number of nitrogens with one attached hydrogen (secondary N) is 2. The summed E-state index contributed by atoms with van der Waals surface area (Å²) in [5.74, 6) is 1.05. The minimum absolute atomic E-state index is 0.355. The van der Waals surface area contributed by atoms with Gasteiger partial charge in [-0.2, -0.15) is 0 Å². The molecule has 2 amide bonds. The summed E-state index contributed by atoms with van der Waals surface area (Å²) in [5.41, 5.74) is 3.15. The van der Waals surface area contributed by atoms with Crippen LogP contribution in [0, 0.1) is 0 Å². The molecule has 1 aliphatic rings. The van der Waals surface area contributed by atoms with Crippen molar-refractivity contribution in [3.8, 4) is 10.6 Å². The lowest BCUT2D eigenvalue weighted by molar-refractivity contribution is 0.262. The van der Waals surface area contributed by atoms with E-state index in [2.05, 4.69) is 38.6 Å². The van der Waals surface area contributed by atoms with E-state index >= 15 is 0 Å². The average molecular weight is 392 g/mol. The predicted octanol–water partition coefficient (Wildman–Crippen LogP) is 4.57. The van der Waals surface area contributed by atoms with Crippen molar-refractivity contribution in [3.63, 3.8) is 0 Å². The van der Waals surface area contributed by atoms with E-state index in [-0.39, 0.29) is 6.03 Å². The molecule has 6 nitrogen and oxygen atoms in total. The number of carbonyl (C=O) groups excluding carboxylic acids is 1. The van der Waals surface area contributed by atoms with E-state index in [1.807, 2.05) is 47.8 Å². The van der Waals surface area contributed by atoms with Crippen LogP contribution in [0.2, 0.25) is 0 Å². The lowest BCUT2D eigenvalue weighted by atomic mass is 10.0. The van der Waals surface area contributed by atoms with Gasteiger partial charge in [0, 0.05) is 24.0 Å². The minimum Gasteiger partial charge on any atom is -0.302 e. The van der Waals surface area contributed by atoms with Gasteiger partial charge in [0.15, 0.2) is 0 Å². The van der Waals surface area contributed by atoms with E-state index in [0.717, 1.165) is 35.8 Å². The van der Waals surface area contributed by atoms with Crippen molar-refractivity contribution >= 4 is 34.6 Å². The maximum absolute atomic E-state index is 12.3. The van der Waals surface area contributed by atoms with Crippen LogP contribution in [-0.4, -0.2) is 41.0 Å². The number of nitrogens with zero attached hydrogens (tertiary/aromatic N) is 3. The van der Waals surface area contributed by atoms with Gasteiger partial charge in [0.25, 0.3) is 0 Å². The summed E-state index contributed by atoms with van der Waals surface area (Å²) >= 11 is 1.49. The first-order valence-corrected chi connectivity index (χ1v) is 9.99. The number of pyridine rings is 1. The van der Waals surface area contributed by atoms with Crippen LogP contribution in [0.5, 0.6) is 0 Å². The van der Waals surface area contributed by atoms with Gasteiger partial charge in [-0.15, -0.1) is 11.3 Å². The molecular formula is C21H21N5OS. The van der Waals surface area contributed by atoms with Gasteiger partial charge in [-0.05, 0) is 31.2 Å². The molecule has 0 bridgehead atoms. The fourth-order valence-electron chi connectivity index (χ4n) is 2.99. The summed E-state index contributed by atoms with van der Waals surface area (Å²) in [6.07, 6.45) is 3.15. The van der Waals surface area contributed by atoms with Crippen molar-refractivity contribution in [2.24, 2.45) is 0 Å². The number of anilines is 2. The first-order valence-electron chi connectivity index (χ1n) is 9.11. The molecule has 0 radical (unpaired) electrons. The number of hydrogen-bond acceptors (Lipinski definition) is 5. The Morgan fingerprint density at radius 1 is 1.04 bits per heavy atom. The molecule has 0 saturated carbocycles. The van der Waals surface area contributed by atoms with E-state index in [9.17, 15) is 4.79 Å². The normalized spacial score (nSPS) is 14.4. The predicted molar refractivity (Wildman–Crippen MR) is 115 cm³/mol. The summed E-state index contributed by atoms with van der Waals surface area (Å²) in [5, 5.41) is 8.26. The largest absolute Gasteiger partial charge is 0.326 e. The van der Waals surface area contributed by atoms with Crippen LogP contribution < -0.4 is 10.6 Å². The highest BCUT2D eigenvalue weighted by Crippen LogP contribution is 2.26. The van der Waals surface area contributed by atoms with Crippen molar-refractivity contribution in [2.75, 3.05) is 30.8 Å². The van der Waals surface area contributed by atoms with E-state index < -0.39 is 0 Å². The number of aromatic nitrogens is 2. The highest BCUT2D eigenvalue weighted by molar-refractivity contribution is 7.13. The summed E-state index contributed by atoms with van der Waals surface area (Å²) in [6, 6.07) is 15.2. The molecule has 4 rings (SSSR count). The Bertz CT molecular complexity index is 999. The number of rotatable bonds is 4. The maximum atomic E-state index is 12.3. The summed E-state index contributed by atoms with van der Waals surface area (Å²) in [7, 11) is 2.10. The van der Waals surface area contributed by atoms with Crippen LogP contribution in [0.25, 0.3) is 16.1 Å². The Morgan fingerprint density at radius 3 is 2.64 bits per heavy atom. The second-order valence-electron chi connectivity index (χ2n) is 6.63. The molecule has 3 heterocycles. The summed E-state index contributed by atoms with van der Waals surface area (Å²) < 4.78 is 0. The van der Waals surface area contributed by atoms with Gasteiger partial charge in [0.05, 0.1) is 5.69 Å². The molecule has 0 atom stereocenters. The Hall–Kier alpha value is -3.03. The van der Waals surface area contributed by atoms with Crippen molar-refractivity contribution in [2.45, 2.75) is 6.42 Å². The third kappa shape index (κ3) is 4.44. The Morgan fingerprint density at radius 2 is 1.86 bits per heavy atom. The van der Waals surface area contributed by atoms with Crippen LogP contribution in [0.3, 0.4) is 0 Å². The molecule has 28 heavy (non-hydrogen) atoms. The van der Waals surface area contributed by atoms with E-state index in [4.69, 9.17) is 0 Å². The Kier molecular flexibility index (Phi) is 5.45. The van der Waals surface area contributed by atoms with Crippen molar-refractivity contribution in [1.82, 2.24) is 14.9 Å². The molecule has 142 valence electrons. The lowest BCUT2D eigenvalue weighted by Gasteiger charge is -2.21. The molecule has 0 aliphatic carbocycles. The van der Waals surface area contributed by atoms with Crippen molar-refractivity contribution in [3.05, 3.63) is 65.7 Å². The molecule has 0 fully saturated rings. The van der Waals surface area contributed by atoms with E-state index in [1.165, 1.54) is 16.9 Å². The number of hydrogen-bond donors (Lipinski definition) is 2. The number of urea groups is 1. The molecule has 7 heteroatoms.